The average molecular weight is 168 g/mol. The maximum Gasteiger partial charge on any atom is 0.0839 e. The van der Waals surface area contributed by atoms with Gasteiger partial charge in [0.1, 0.15) is 0 Å². The lowest BCUT2D eigenvalue weighted by atomic mass is 10.0. The number of ether oxygens (including phenoxy) is 1. The first-order valence-electron chi connectivity index (χ1n) is 4.40. The first kappa shape index (κ1) is 9.53. The Morgan fingerprint density at radius 1 is 1.67 bits per heavy atom. The summed E-state index contributed by atoms with van der Waals surface area (Å²) in [6.45, 7) is 0.868. The van der Waals surface area contributed by atoms with Crippen LogP contribution in [0.2, 0.25) is 0 Å². The van der Waals surface area contributed by atoms with E-state index in [1.165, 1.54) is 12.8 Å². The van der Waals surface area contributed by atoms with Gasteiger partial charge in [-0.05, 0) is 19.3 Å². The maximum absolute atomic E-state index is 5.52. The van der Waals surface area contributed by atoms with Crippen LogP contribution in [0.3, 0.4) is 0 Å². The molecule has 1 aliphatic heterocycles. The van der Waals surface area contributed by atoms with Gasteiger partial charge in [0.15, 0.2) is 0 Å². The minimum atomic E-state index is -0.0481. The summed E-state index contributed by atoms with van der Waals surface area (Å²) in [4.78, 5) is 0. The highest BCUT2D eigenvalue weighted by Crippen LogP contribution is 2.16. The van der Waals surface area contributed by atoms with Crippen LogP contribution in [-0.2, 0) is 4.74 Å². The fourth-order valence-electron chi connectivity index (χ4n) is 1.44. The molecule has 0 aliphatic carbocycles. The summed E-state index contributed by atoms with van der Waals surface area (Å²) in [6, 6.07) is -0.0481. The standard InChI is InChI=1S/C9H16N2O/c1-2-8(11-10)7-9-5-3-4-6-12-9/h1,8-9,11H,3-7,10H2. The Kier molecular flexibility index (Phi) is 4.09. The molecule has 1 aliphatic rings. The molecule has 0 aromatic heterocycles. The zero-order valence-corrected chi connectivity index (χ0v) is 7.25. The number of hydrogen-bond donors (Lipinski definition) is 2. The van der Waals surface area contributed by atoms with Gasteiger partial charge in [0.2, 0.25) is 0 Å². The van der Waals surface area contributed by atoms with E-state index in [1.54, 1.807) is 0 Å². The van der Waals surface area contributed by atoms with Gasteiger partial charge in [-0.3, -0.25) is 5.84 Å². The Balaban J connectivity index is 2.24. The predicted octanol–water partition coefficient (Wildman–Crippen LogP) is 0.411. The lowest BCUT2D eigenvalue weighted by molar-refractivity contribution is 0.00834. The normalized spacial score (nSPS) is 26.2. The van der Waals surface area contributed by atoms with E-state index in [-0.39, 0.29) is 6.04 Å². The third kappa shape index (κ3) is 2.82. The molecule has 68 valence electrons. The van der Waals surface area contributed by atoms with Gasteiger partial charge in [-0.25, -0.2) is 5.43 Å². The molecule has 3 N–H and O–H groups in total. The van der Waals surface area contributed by atoms with Crippen molar-refractivity contribution in [2.75, 3.05) is 6.61 Å². The van der Waals surface area contributed by atoms with Crippen molar-refractivity contribution in [3.63, 3.8) is 0 Å². The molecule has 1 saturated heterocycles. The van der Waals surface area contributed by atoms with Crippen LogP contribution < -0.4 is 11.3 Å². The van der Waals surface area contributed by atoms with Crippen LogP contribution in [0, 0.1) is 12.3 Å². The van der Waals surface area contributed by atoms with Gasteiger partial charge in [0.25, 0.3) is 0 Å². The Hall–Kier alpha value is -0.560. The van der Waals surface area contributed by atoms with Crippen molar-refractivity contribution < 1.29 is 4.74 Å². The van der Waals surface area contributed by atoms with Crippen LogP contribution in [0.15, 0.2) is 0 Å². The number of terminal acetylenes is 1. The molecule has 0 saturated carbocycles. The van der Waals surface area contributed by atoms with Gasteiger partial charge in [-0.1, -0.05) is 5.92 Å². The van der Waals surface area contributed by atoms with Gasteiger partial charge in [-0.2, -0.15) is 0 Å². The Morgan fingerprint density at radius 2 is 2.50 bits per heavy atom. The highest BCUT2D eigenvalue weighted by atomic mass is 16.5. The molecule has 2 atom stereocenters. The summed E-state index contributed by atoms with van der Waals surface area (Å²) in [5, 5.41) is 0. The smallest absolute Gasteiger partial charge is 0.0839 e. The lowest BCUT2D eigenvalue weighted by Gasteiger charge is -2.24. The number of hydrogen-bond acceptors (Lipinski definition) is 3. The van der Waals surface area contributed by atoms with E-state index >= 15 is 0 Å². The first-order chi connectivity index (χ1) is 5.86. The topological polar surface area (TPSA) is 47.3 Å². The van der Waals surface area contributed by atoms with E-state index in [9.17, 15) is 0 Å². The molecule has 0 amide bonds. The van der Waals surface area contributed by atoms with Gasteiger partial charge in [-0.15, -0.1) is 6.42 Å². The number of rotatable bonds is 3. The minimum absolute atomic E-state index is 0.0481. The number of hydrazine groups is 1. The van der Waals surface area contributed by atoms with E-state index < -0.39 is 0 Å². The number of nitrogens with two attached hydrogens (primary N) is 1. The van der Waals surface area contributed by atoms with Crippen LogP contribution in [-0.4, -0.2) is 18.8 Å². The van der Waals surface area contributed by atoms with Crippen LogP contribution in [0.25, 0.3) is 0 Å². The summed E-state index contributed by atoms with van der Waals surface area (Å²) in [6.07, 6.45) is 9.91. The Morgan fingerprint density at radius 3 is 3.00 bits per heavy atom. The van der Waals surface area contributed by atoms with Crippen LogP contribution >= 0.6 is 0 Å². The molecular weight excluding hydrogens is 152 g/mol. The van der Waals surface area contributed by atoms with Gasteiger partial charge in [0, 0.05) is 13.0 Å². The molecule has 12 heavy (non-hydrogen) atoms. The molecule has 0 aromatic rings. The molecule has 0 aromatic carbocycles. The summed E-state index contributed by atoms with van der Waals surface area (Å²) in [5.74, 6) is 7.84. The molecule has 0 bridgehead atoms. The molecule has 2 unspecified atom stereocenters. The number of nitrogens with one attached hydrogen (secondary N) is 1. The molecular formula is C9H16N2O. The molecule has 0 radical (unpaired) electrons. The largest absolute Gasteiger partial charge is 0.378 e. The minimum Gasteiger partial charge on any atom is -0.378 e. The summed E-state index contributed by atoms with van der Waals surface area (Å²) >= 11 is 0. The van der Waals surface area contributed by atoms with Crippen molar-refractivity contribution in [2.24, 2.45) is 5.84 Å². The lowest BCUT2D eigenvalue weighted by Crippen LogP contribution is -2.37. The van der Waals surface area contributed by atoms with Crippen molar-refractivity contribution in [1.29, 1.82) is 0 Å². The van der Waals surface area contributed by atoms with Gasteiger partial charge in [0.05, 0.1) is 12.1 Å². The molecule has 0 spiro atoms. The average Bonchev–Trinajstić information content (AvgIpc) is 2.16. The second-order valence-electron chi connectivity index (χ2n) is 3.11. The van der Waals surface area contributed by atoms with E-state index in [2.05, 4.69) is 11.3 Å². The maximum atomic E-state index is 5.52. The third-order valence-electron chi connectivity index (χ3n) is 2.17. The van der Waals surface area contributed by atoms with Crippen molar-refractivity contribution in [3.8, 4) is 12.3 Å². The fraction of sp³-hybridized carbons (Fsp3) is 0.778. The van der Waals surface area contributed by atoms with Crippen molar-refractivity contribution >= 4 is 0 Å². The SMILES string of the molecule is C#CC(CC1CCCCO1)NN. The highest BCUT2D eigenvalue weighted by Gasteiger charge is 2.17. The van der Waals surface area contributed by atoms with Crippen molar-refractivity contribution in [2.45, 2.75) is 37.8 Å². The van der Waals surface area contributed by atoms with Crippen LogP contribution in [0.1, 0.15) is 25.7 Å². The summed E-state index contributed by atoms with van der Waals surface area (Å²) < 4.78 is 5.52. The van der Waals surface area contributed by atoms with Crippen molar-refractivity contribution in [1.82, 2.24) is 5.43 Å². The summed E-state index contributed by atoms with van der Waals surface area (Å²) in [5.41, 5.74) is 2.58. The zero-order chi connectivity index (χ0) is 8.81. The van der Waals surface area contributed by atoms with Gasteiger partial charge >= 0.3 is 0 Å². The first-order valence-corrected chi connectivity index (χ1v) is 4.40. The fourth-order valence-corrected chi connectivity index (χ4v) is 1.44. The quantitative estimate of drug-likeness (QED) is 0.364. The van der Waals surface area contributed by atoms with Crippen LogP contribution in [0.5, 0.6) is 0 Å². The van der Waals surface area contributed by atoms with Gasteiger partial charge < -0.3 is 4.74 Å². The second-order valence-corrected chi connectivity index (χ2v) is 3.11. The Labute approximate surface area is 73.6 Å². The van der Waals surface area contributed by atoms with Crippen molar-refractivity contribution in [3.05, 3.63) is 0 Å². The van der Waals surface area contributed by atoms with E-state index in [4.69, 9.17) is 17.0 Å². The van der Waals surface area contributed by atoms with Crippen LogP contribution in [0.4, 0.5) is 0 Å². The second kappa shape index (κ2) is 5.15. The third-order valence-corrected chi connectivity index (χ3v) is 2.17. The molecule has 1 rings (SSSR count). The predicted molar refractivity (Wildman–Crippen MR) is 48.2 cm³/mol. The summed E-state index contributed by atoms with van der Waals surface area (Å²) in [7, 11) is 0. The molecule has 3 heteroatoms. The monoisotopic (exact) mass is 168 g/mol. The molecule has 3 nitrogen and oxygen atoms in total. The molecule has 1 heterocycles. The van der Waals surface area contributed by atoms with E-state index in [1.807, 2.05) is 0 Å². The molecule has 1 fully saturated rings. The Bertz CT molecular complexity index is 158. The zero-order valence-electron chi connectivity index (χ0n) is 7.25. The highest BCUT2D eigenvalue weighted by molar-refractivity contribution is 4.98. The van der Waals surface area contributed by atoms with E-state index in [0.29, 0.717) is 6.10 Å². The van der Waals surface area contributed by atoms with E-state index in [0.717, 1.165) is 19.4 Å².